The smallest absolute Gasteiger partial charge is 0.405 e. The Labute approximate surface area is 382 Å². The fraction of sp³-hybridized carbons (Fsp3) is 0.431. The van der Waals surface area contributed by atoms with Crippen LogP contribution in [0.3, 0.4) is 0 Å². The van der Waals surface area contributed by atoms with Crippen LogP contribution >= 0.6 is 0 Å². The average molecular weight is 884 g/mol. The third-order valence-corrected chi connectivity index (χ3v) is 12.4. The zero-order valence-electron chi connectivity index (χ0n) is 38.5. The van der Waals surface area contributed by atoms with Crippen LogP contribution in [0.25, 0.3) is 33.6 Å². The molecule has 5 N–H and O–H groups in total. The van der Waals surface area contributed by atoms with E-state index < -0.39 is 18.2 Å². The van der Waals surface area contributed by atoms with Crippen molar-refractivity contribution in [1.29, 1.82) is 0 Å². The predicted octanol–water partition coefficient (Wildman–Crippen LogP) is 8.90. The minimum atomic E-state index is -1.22. The Hall–Kier alpha value is -6.28. The fourth-order valence-electron chi connectivity index (χ4n) is 8.91. The van der Waals surface area contributed by atoms with Crippen LogP contribution in [0.5, 0.6) is 0 Å². The Morgan fingerprint density at radius 1 is 0.754 bits per heavy atom. The van der Waals surface area contributed by atoms with Crippen molar-refractivity contribution in [3.05, 3.63) is 114 Å². The van der Waals surface area contributed by atoms with Crippen molar-refractivity contribution in [1.82, 2.24) is 40.4 Å². The van der Waals surface area contributed by atoms with E-state index in [1.165, 1.54) is 5.92 Å². The Balaban J connectivity index is 0.00000151. The van der Waals surface area contributed by atoms with Crippen molar-refractivity contribution >= 4 is 23.8 Å². The quantitative estimate of drug-likeness (QED) is 0.0732. The maximum Gasteiger partial charge on any atom is 0.405 e. The zero-order valence-corrected chi connectivity index (χ0v) is 38.5. The molecule has 1 saturated carbocycles. The standard InChI is InChI=1S/C47H54N8O6.C4H9/c1-27(2)40(53-47(59)60)46(58)55-28(3)10-21-38(55)42-48-23-36(50-42)32-15-11-30(12-16-32)31-13-17-33(18-14-31)37-24-49-43(51-37)39-22-29(26-61-4)25-54(39)45(57)41(34-8-6-5-7-9-34)52-44(56)35-19-20-35;1-4(2)3/h5-9,11-18,23-24,27-29,35,38-41,53H,10,19-22,25-26H2,1-4H3,(H,48,50)(H,49,51)(H,52,56)(H,59,60);1-3H3/t28-,29-,38-,39-,40-,41+;/m0./s1. The van der Waals surface area contributed by atoms with E-state index in [9.17, 15) is 24.3 Å². The van der Waals surface area contributed by atoms with Crippen LogP contribution in [-0.2, 0) is 19.1 Å². The second-order valence-corrected chi connectivity index (χ2v) is 18.6. The number of rotatable bonds is 14. The number of amides is 4. The highest BCUT2D eigenvalue weighted by Gasteiger charge is 2.43. The van der Waals surface area contributed by atoms with Crippen molar-refractivity contribution in [2.45, 2.75) is 104 Å². The molecule has 0 spiro atoms. The van der Waals surface area contributed by atoms with Crippen molar-refractivity contribution in [3.8, 4) is 33.6 Å². The molecule has 343 valence electrons. The van der Waals surface area contributed by atoms with Crippen molar-refractivity contribution < 1.29 is 29.0 Å². The summed E-state index contributed by atoms with van der Waals surface area (Å²) in [4.78, 5) is 72.5. The van der Waals surface area contributed by atoms with Gasteiger partial charge in [0.2, 0.25) is 17.7 Å². The normalized spacial score (nSPS) is 20.3. The highest BCUT2D eigenvalue weighted by molar-refractivity contribution is 5.91. The molecule has 2 saturated heterocycles. The molecule has 0 bridgehead atoms. The molecule has 8 rings (SSSR count). The van der Waals surface area contributed by atoms with E-state index in [0.717, 1.165) is 64.9 Å². The molecule has 14 heteroatoms. The first-order valence-electron chi connectivity index (χ1n) is 22.8. The summed E-state index contributed by atoms with van der Waals surface area (Å²) in [5, 5.41) is 14.8. The zero-order chi connectivity index (χ0) is 46.4. The molecular formula is C51H63N8O6. The van der Waals surface area contributed by atoms with Crippen molar-refractivity contribution in [3.63, 3.8) is 0 Å². The minimum Gasteiger partial charge on any atom is -0.465 e. The van der Waals surface area contributed by atoms with Crippen LogP contribution in [0.4, 0.5) is 4.79 Å². The largest absolute Gasteiger partial charge is 0.465 e. The lowest BCUT2D eigenvalue weighted by Crippen LogP contribution is -2.52. The molecule has 3 aromatic carbocycles. The van der Waals surface area contributed by atoms with Gasteiger partial charge in [-0.25, -0.2) is 14.8 Å². The number of nitrogens with zero attached hydrogens (tertiary/aromatic N) is 4. The Morgan fingerprint density at radius 3 is 1.80 bits per heavy atom. The van der Waals surface area contributed by atoms with Crippen LogP contribution in [0.2, 0.25) is 0 Å². The van der Waals surface area contributed by atoms with Crippen LogP contribution in [0, 0.1) is 23.7 Å². The van der Waals surface area contributed by atoms with Crippen LogP contribution in [0.15, 0.2) is 91.3 Å². The lowest BCUT2D eigenvalue weighted by atomic mass is 10.0. The van der Waals surface area contributed by atoms with E-state index in [0.29, 0.717) is 31.2 Å². The van der Waals surface area contributed by atoms with Crippen LogP contribution < -0.4 is 10.6 Å². The second kappa shape index (κ2) is 20.7. The van der Waals surface area contributed by atoms with Crippen molar-refractivity contribution in [2.24, 2.45) is 17.8 Å². The molecule has 0 unspecified atom stereocenters. The molecule has 1 aliphatic carbocycles. The van der Waals surface area contributed by atoms with E-state index in [4.69, 9.17) is 9.72 Å². The third kappa shape index (κ3) is 11.2. The molecule has 2 aromatic heterocycles. The molecule has 4 heterocycles. The number of ether oxygens (including phenoxy) is 1. The Kier molecular flexibility index (Phi) is 14.9. The van der Waals surface area contributed by atoms with Crippen LogP contribution in [0.1, 0.15) is 109 Å². The molecule has 6 atom stereocenters. The average Bonchev–Trinajstić information content (AvgIpc) is 3.61. The van der Waals surface area contributed by atoms with Gasteiger partial charge in [-0.2, -0.15) is 0 Å². The maximum absolute atomic E-state index is 14.4. The number of aromatic amines is 2. The number of hydrogen-bond acceptors (Lipinski definition) is 7. The number of methoxy groups -OCH3 is 1. The molecule has 3 aliphatic rings. The summed E-state index contributed by atoms with van der Waals surface area (Å²) in [5.41, 5.74) is 6.42. The van der Waals surface area contributed by atoms with Gasteiger partial charge in [0.05, 0.1) is 42.5 Å². The number of H-pyrrole nitrogens is 2. The first kappa shape index (κ1) is 46.7. The SMILES string of the molecule is COC[C@H]1C[C@@H](c2ncc(-c3ccc(-c4ccc(-c5cnc([C@@H]6CC[C@H](C)N6C(=O)[C@@H](NC(=O)O)C(C)C)[nH]5)cc4)cc3)[nH]2)N(C(=O)[C@H](NC(=O)C2CC2)c2ccccc2)C1.C[C](C)C. The van der Waals surface area contributed by atoms with Gasteiger partial charge in [0.25, 0.3) is 0 Å². The summed E-state index contributed by atoms with van der Waals surface area (Å²) in [6.07, 6.45) is 6.29. The van der Waals surface area contributed by atoms with Gasteiger partial charge in [-0.1, -0.05) is 113 Å². The fourth-order valence-corrected chi connectivity index (χ4v) is 8.91. The molecule has 14 nitrogen and oxygen atoms in total. The van der Waals surface area contributed by atoms with Gasteiger partial charge in [-0.15, -0.1) is 0 Å². The van der Waals surface area contributed by atoms with Gasteiger partial charge in [0.1, 0.15) is 23.7 Å². The molecular weight excluding hydrogens is 821 g/mol. The number of aromatic nitrogens is 4. The summed E-state index contributed by atoms with van der Waals surface area (Å²) in [6.45, 7) is 12.9. The molecule has 4 amide bonds. The van der Waals surface area contributed by atoms with Crippen molar-refractivity contribution in [2.75, 3.05) is 20.3 Å². The number of benzene rings is 3. The summed E-state index contributed by atoms with van der Waals surface area (Å²) in [7, 11) is 1.67. The van der Waals surface area contributed by atoms with Gasteiger partial charge in [-0.3, -0.25) is 14.4 Å². The van der Waals surface area contributed by atoms with Gasteiger partial charge in [-0.05, 0) is 78.7 Å². The number of nitrogens with one attached hydrogen (secondary N) is 4. The summed E-state index contributed by atoms with van der Waals surface area (Å²) >= 11 is 0. The summed E-state index contributed by atoms with van der Waals surface area (Å²) < 4.78 is 5.52. The molecule has 2 aliphatic heterocycles. The number of carbonyl (C=O) groups is 4. The topological polar surface area (TPSA) is 186 Å². The van der Waals surface area contributed by atoms with E-state index >= 15 is 0 Å². The summed E-state index contributed by atoms with van der Waals surface area (Å²) in [6, 6.07) is 23.6. The van der Waals surface area contributed by atoms with E-state index in [1.807, 2.05) is 74.3 Å². The summed E-state index contributed by atoms with van der Waals surface area (Å²) in [5.74, 6) is 2.22. The molecule has 1 radical (unpaired) electrons. The molecule has 3 fully saturated rings. The third-order valence-electron chi connectivity index (χ3n) is 12.4. The number of likely N-dealkylation sites (tertiary alicyclic amines) is 2. The predicted molar refractivity (Wildman–Crippen MR) is 250 cm³/mol. The lowest BCUT2D eigenvalue weighted by Gasteiger charge is -2.32. The minimum absolute atomic E-state index is 0.0290. The second-order valence-electron chi connectivity index (χ2n) is 18.6. The monoisotopic (exact) mass is 883 g/mol. The number of carbonyl (C=O) groups excluding carboxylic acids is 3. The van der Waals surface area contributed by atoms with Gasteiger partial charge >= 0.3 is 6.09 Å². The Morgan fingerprint density at radius 2 is 1.29 bits per heavy atom. The number of carboxylic acid groups (broad SMARTS) is 1. The van der Waals surface area contributed by atoms with E-state index in [1.54, 1.807) is 18.2 Å². The highest BCUT2D eigenvalue weighted by Crippen LogP contribution is 2.39. The number of hydrogen-bond donors (Lipinski definition) is 5. The first-order valence-corrected chi connectivity index (χ1v) is 22.8. The molecule has 5 aromatic rings. The van der Waals surface area contributed by atoms with E-state index in [2.05, 4.69) is 82.8 Å². The van der Waals surface area contributed by atoms with Crippen LogP contribution in [-0.4, -0.2) is 91.0 Å². The first-order chi connectivity index (χ1) is 31.2. The Bertz CT molecular complexity index is 2390. The lowest BCUT2D eigenvalue weighted by molar-refractivity contribution is -0.138. The van der Waals surface area contributed by atoms with Gasteiger partial charge < -0.3 is 40.2 Å². The van der Waals surface area contributed by atoms with Gasteiger partial charge in [0.15, 0.2) is 0 Å². The molecule has 65 heavy (non-hydrogen) atoms. The van der Waals surface area contributed by atoms with E-state index in [-0.39, 0.29) is 53.6 Å². The number of imidazole rings is 2. The van der Waals surface area contributed by atoms with Gasteiger partial charge in [0, 0.05) is 31.5 Å². The highest BCUT2D eigenvalue weighted by atomic mass is 16.5. The maximum atomic E-state index is 14.4.